The number of nitrogens with one attached hydrogen (secondary N) is 4. The minimum Gasteiger partial charge on any atom is -0.394 e. The minimum absolute atomic E-state index is 0.320. The summed E-state index contributed by atoms with van der Waals surface area (Å²) in [4.78, 5) is 50.2. The first kappa shape index (κ1) is 82.1. The zero-order chi connectivity index (χ0) is 73.6. The number of amides is 4. The van der Waals surface area contributed by atoms with Crippen molar-refractivity contribution in [2.75, 3.05) is 59.5 Å². The van der Waals surface area contributed by atoms with E-state index >= 15 is 0 Å². The Hall–Kier alpha value is -3.56. The topological polar surface area (TPSA) is 680 Å². The molecule has 100 heavy (non-hydrogen) atoms. The highest BCUT2D eigenvalue weighted by molar-refractivity contribution is 5.74. The first-order chi connectivity index (χ1) is 47.4. The number of ether oxygens (including phenoxy) is 15. The Bertz CT molecular complexity index is 2600. The van der Waals surface area contributed by atoms with E-state index in [1.54, 1.807) is 0 Å². The maximum Gasteiger partial charge on any atom is 0.217 e. The highest BCUT2D eigenvalue weighted by Gasteiger charge is 2.60. The van der Waals surface area contributed by atoms with Gasteiger partial charge in [0.25, 0.3) is 0 Å². The summed E-state index contributed by atoms with van der Waals surface area (Å²) >= 11 is 0. The Morgan fingerprint density at radius 3 is 1.05 bits per heavy atom. The van der Waals surface area contributed by atoms with Crippen LogP contribution in [0.5, 0.6) is 0 Å². The maximum absolute atomic E-state index is 12.9. The molecule has 0 aromatic rings. The molecular weight excluding hydrogens is 1370 g/mol. The second-order valence-electron chi connectivity index (χ2n) is 25.2. The monoisotopic (exact) mass is 1460 g/mol. The minimum atomic E-state index is -2.47. The highest BCUT2D eigenvalue weighted by Crippen LogP contribution is 2.39. The summed E-state index contributed by atoms with van der Waals surface area (Å²) in [6.45, 7) is -4.45. The summed E-state index contributed by atoms with van der Waals surface area (Å²) < 4.78 is 89.0. The number of carbonyl (C=O) groups is 4. The van der Waals surface area contributed by atoms with Crippen molar-refractivity contribution in [2.24, 2.45) is 0 Å². The van der Waals surface area contributed by atoms with Crippen LogP contribution in [0.3, 0.4) is 0 Å². The molecule has 0 aromatic carbocycles. The summed E-state index contributed by atoms with van der Waals surface area (Å²) in [5.41, 5.74) is 0. The zero-order valence-electron chi connectivity index (χ0n) is 54.0. The standard InChI is InChI=1S/C56H94N4O40/c1-14(68)57-18-12-86-23(9-65)44(30(18)72)95-51-28(59-16(3)70)37(79)46(25(11-67)92-51)97-54-43(85)47(98-56-49(41(83)34(76)22(8-64)91-56)100-50-27(58-15(2)69)36(78)31(73)19(5-61)88-50)35(77)26(94-54)13-87-55-48(40(82)33(75)21(7-63)90-55)99-52-29(60-17(4)71)38(80)45(24(10-66)93-52)96-53-42(84)39(81)32(74)20(6-62)89-53/h18-56,61-67,72-85H,5-13H2,1-4H3,(H,57,68)(H,58,69)(H,59,70)(H,60,71)/t18-,19+,20+,21+,22+,23+,24+,25+,26+,27+,28+,29+,30+,31+,32-,33+,34+,35+,36+,37+,38+,39-,40-,41-,42+,43-,44+,45+,46+,47-,48-,49-,50-,51-,52-,53-,54-,55-,56+/m0/s1. The van der Waals surface area contributed by atoms with Gasteiger partial charge in [0.2, 0.25) is 23.6 Å². The number of carbonyl (C=O) groups excluding carboxylic acids is 4. The predicted octanol–water partition coefficient (Wildman–Crippen LogP) is -17.2. The Balaban J connectivity index is 1.13. The van der Waals surface area contributed by atoms with Gasteiger partial charge in [-0.2, -0.15) is 0 Å². The van der Waals surface area contributed by atoms with Crippen LogP contribution in [-0.4, -0.2) is 429 Å². The van der Waals surface area contributed by atoms with Gasteiger partial charge in [-0.05, 0) is 0 Å². The third-order valence-electron chi connectivity index (χ3n) is 18.2. The maximum atomic E-state index is 12.9. The van der Waals surface area contributed by atoms with E-state index in [4.69, 9.17) is 71.1 Å². The smallest absolute Gasteiger partial charge is 0.217 e. The summed E-state index contributed by atoms with van der Waals surface area (Å²) in [6, 6.07) is -6.56. The Labute approximate surface area is 567 Å². The zero-order valence-corrected chi connectivity index (χ0v) is 54.0. The van der Waals surface area contributed by atoms with Gasteiger partial charge in [-0.1, -0.05) is 0 Å². The molecule has 0 radical (unpaired) electrons. The van der Waals surface area contributed by atoms with Crippen LogP contribution in [-0.2, 0) is 90.2 Å². The van der Waals surface area contributed by atoms with Gasteiger partial charge in [0.05, 0.1) is 65.5 Å². The molecule has 44 nitrogen and oxygen atoms in total. The van der Waals surface area contributed by atoms with E-state index in [1.165, 1.54) is 0 Å². The number of aliphatic hydroxyl groups is 21. The van der Waals surface area contributed by atoms with Gasteiger partial charge in [0, 0.05) is 27.7 Å². The van der Waals surface area contributed by atoms with Gasteiger partial charge in [-0.3, -0.25) is 19.2 Å². The van der Waals surface area contributed by atoms with E-state index in [1.807, 2.05) is 0 Å². The molecule has 25 N–H and O–H groups in total. The lowest BCUT2D eigenvalue weighted by atomic mass is 9.94. The second-order valence-corrected chi connectivity index (χ2v) is 25.2. The molecule has 0 bridgehead atoms. The first-order valence-corrected chi connectivity index (χ1v) is 32.0. The molecule has 8 saturated heterocycles. The lowest BCUT2D eigenvalue weighted by Gasteiger charge is -2.51. The molecule has 0 unspecified atom stereocenters. The SMILES string of the molecule is CC(=O)N[C@H]1[C@H](O[C@H]2[C@H](O)[C@@H](NC(C)=O)CO[C@@H]2CO)O[C@H](CO)[C@@H](O[C@@H]2O[C@H](CO[C@H]3O[C@H](CO)[C@@H](O)[C@H](O)[C@@H]3O[C@@H]3O[C@H](CO)[C@@H](O[C@@H]4O[C@H](CO)[C@H](O)[C@H](O)[C@H]4O)[C@H](O)[C@H]3NC(C)=O)[C@@H](O)[C@H](O[C@H]3O[C@H](CO)[C@@H](O)[C@H](O)[C@@H]3O[C@@H]3O[C@H](CO)[C@@H](O)[C@H](O)[C@H]3NC(C)=O)[C@@H]2O)[C@@H]1O. The van der Waals surface area contributed by atoms with Gasteiger partial charge in [-0.25, -0.2) is 0 Å². The molecule has 8 fully saturated rings. The van der Waals surface area contributed by atoms with Gasteiger partial charge < -0.3 is 200 Å². The molecule has 4 amide bonds. The van der Waals surface area contributed by atoms with Gasteiger partial charge >= 0.3 is 0 Å². The van der Waals surface area contributed by atoms with Crippen molar-refractivity contribution in [1.29, 1.82) is 0 Å². The molecule has 8 aliphatic rings. The van der Waals surface area contributed by atoms with E-state index in [9.17, 15) is 126 Å². The number of rotatable bonds is 26. The Morgan fingerprint density at radius 1 is 0.290 bits per heavy atom. The first-order valence-electron chi connectivity index (χ1n) is 32.0. The van der Waals surface area contributed by atoms with E-state index in [0.717, 1.165) is 27.7 Å². The second kappa shape index (κ2) is 36.2. The normalized spacial score (nSPS) is 48.0. The Kier molecular flexibility index (Phi) is 29.7. The van der Waals surface area contributed by atoms with Crippen molar-refractivity contribution in [3.63, 3.8) is 0 Å². The van der Waals surface area contributed by atoms with Crippen LogP contribution in [0.2, 0.25) is 0 Å². The van der Waals surface area contributed by atoms with Crippen LogP contribution in [0, 0.1) is 0 Å². The van der Waals surface area contributed by atoms with Crippen LogP contribution in [0.4, 0.5) is 0 Å². The summed E-state index contributed by atoms with van der Waals surface area (Å²) in [7, 11) is 0. The molecule has 578 valence electrons. The van der Waals surface area contributed by atoms with Crippen LogP contribution in [0.1, 0.15) is 27.7 Å². The molecular formula is C56H94N4O40. The van der Waals surface area contributed by atoms with Gasteiger partial charge in [0.1, 0.15) is 189 Å². The molecule has 8 rings (SSSR count). The summed E-state index contributed by atoms with van der Waals surface area (Å²) in [6.07, 6.45) is -70.0. The molecule has 8 heterocycles. The summed E-state index contributed by atoms with van der Waals surface area (Å²) in [5.74, 6) is -3.23. The van der Waals surface area contributed by atoms with E-state index in [-0.39, 0.29) is 6.61 Å². The van der Waals surface area contributed by atoms with Crippen molar-refractivity contribution in [3.8, 4) is 0 Å². The molecule has 44 heteroatoms. The van der Waals surface area contributed by atoms with Crippen LogP contribution in [0.25, 0.3) is 0 Å². The van der Waals surface area contributed by atoms with Gasteiger partial charge in [-0.15, -0.1) is 0 Å². The molecule has 0 saturated carbocycles. The number of aliphatic hydroxyl groups excluding tert-OH is 21. The Morgan fingerprint density at radius 2 is 0.610 bits per heavy atom. The fourth-order valence-electron chi connectivity index (χ4n) is 12.9. The quantitative estimate of drug-likeness (QED) is 0.0382. The van der Waals surface area contributed by atoms with E-state index in [2.05, 4.69) is 21.3 Å². The van der Waals surface area contributed by atoms with Crippen molar-refractivity contribution >= 4 is 23.6 Å². The summed E-state index contributed by atoms with van der Waals surface area (Å²) in [5, 5.41) is 242. The third kappa shape index (κ3) is 18.3. The van der Waals surface area contributed by atoms with Crippen LogP contribution in [0.15, 0.2) is 0 Å². The third-order valence-corrected chi connectivity index (χ3v) is 18.2. The number of hydrogen-bond acceptors (Lipinski definition) is 40. The van der Waals surface area contributed by atoms with Crippen molar-refractivity contribution in [3.05, 3.63) is 0 Å². The van der Waals surface area contributed by atoms with Crippen LogP contribution >= 0.6 is 0 Å². The van der Waals surface area contributed by atoms with Crippen molar-refractivity contribution in [1.82, 2.24) is 21.3 Å². The predicted molar refractivity (Wildman–Crippen MR) is 310 cm³/mol. The average molecular weight is 1460 g/mol. The molecule has 8 aliphatic heterocycles. The molecule has 0 spiro atoms. The van der Waals surface area contributed by atoms with E-state index < -0.39 is 316 Å². The van der Waals surface area contributed by atoms with E-state index in [0.29, 0.717) is 0 Å². The van der Waals surface area contributed by atoms with Crippen molar-refractivity contribution in [2.45, 2.75) is 267 Å². The van der Waals surface area contributed by atoms with Crippen molar-refractivity contribution < 1.29 is 197 Å². The van der Waals surface area contributed by atoms with Gasteiger partial charge in [0.15, 0.2) is 44.0 Å². The number of hydrogen-bond donors (Lipinski definition) is 25. The fraction of sp³-hybridized carbons (Fsp3) is 0.929. The lowest BCUT2D eigenvalue weighted by Crippen LogP contribution is -2.70. The fourth-order valence-corrected chi connectivity index (χ4v) is 12.9. The molecule has 39 atom stereocenters. The molecule has 0 aliphatic carbocycles. The van der Waals surface area contributed by atoms with Crippen LogP contribution < -0.4 is 21.3 Å². The lowest BCUT2D eigenvalue weighted by molar-refractivity contribution is -0.396. The average Bonchev–Trinajstić information content (AvgIpc) is 0.775. The largest absolute Gasteiger partial charge is 0.394 e. The molecule has 0 aromatic heterocycles. The highest BCUT2D eigenvalue weighted by atomic mass is 16.8.